The molecule has 154 valence electrons. The van der Waals surface area contributed by atoms with Gasteiger partial charge in [-0.1, -0.05) is 31.9 Å². The Morgan fingerprint density at radius 1 is 0.593 bits per heavy atom. The van der Waals surface area contributed by atoms with Crippen LogP contribution >= 0.6 is 0 Å². The highest BCUT2D eigenvalue weighted by molar-refractivity contribution is 5.49. The molecule has 0 bridgehead atoms. The average molecular weight is 384 g/mol. The summed E-state index contributed by atoms with van der Waals surface area (Å²) in [5.41, 5.74) is 0. The lowest BCUT2D eigenvalue weighted by atomic mass is 10.1. The molecule has 0 fully saturated rings. The van der Waals surface area contributed by atoms with Crippen LogP contribution in [0.2, 0.25) is 0 Å². The van der Waals surface area contributed by atoms with Crippen molar-refractivity contribution >= 4 is 6.29 Å². The molecule has 0 aliphatic carbocycles. The van der Waals surface area contributed by atoms with E-state index in [1.165, 1.54) is 6.08 Å². The van der Waals surface area contributed by atoms with Gasteiger partial charge in [-0.3, -0.25) is 0 Å². The largest absolute Gasteiger partial charge is 0.359 e. The lowest BCUT2D eigenvalue weighted by Crippen LogP contribution is -2.29. The maximum absolute atomic E-state index is 10.2. The lowest BCUT2D eigenvalue weighted by molar-refractivity contribution is -0.107. The van der Waals surface area contributed by atoms with E-state index in [0.717, 1.165) is 49.9 Å². The maximum Gasteiger partial charge on any atom is 0.203 e. The van der Waals surface area contributed by atoms with E-state index < -0.39 is 17.4 Å². The first-order chi connectivity index (χ1) is 12.5. The van der Waals surface area contributed by atoms with Crippen molar-refractivity contribution < 1.29 is 35.4 Å². The van der Waals surface area contributed by atoms with Crippen molar-refractivity contribution in [1.82, 2.24) is 0 Å². The first-order valence-corrected chi connectivity index (χ1v) is 9.07. The molecular formula is C20H32O7. The number of carbonyl (C=O) groups excluding carboxylic acids is 1. The molecule has 0 aliphatic heterocycles. The van der Waals surface area contributed by atoms with Crippen LogP contribution in [0.1, 0.15) is 51.9 Å². The first kappa shape index (κ1) is 25.4. The van der Waals surface area contributed by atoms with Crippen LogP contribution in [-0.2, 0) is 4.79 Å². The molecule has 27 heavy (non-hydrogen) atoms. The number of aliphatic hydroxyl groups is 6. The van der Waals surface area contributed by atoms with Gasteiger partial charge in [-0.2, -0.15) is 0 Å². The second-order valence-electron chi connectivity index (χ2n) is 6.41. The second kappa shape index (κ2) is 12.7. The smallest absolute Gasteiger partial charge is 0.203 e. The zero-order valence-electron chi connectivity index (χ0n) is 15.7. The predicted octanol–water partition coefficient (Wildman–Crippen LogP) is 1.20. The van der Waals surface area contributed by atoms with E-state index in [1.54, 1.807) is 6.08 Å². The van der Waals surface area contributed by atoms with E-state index in [2.05, 4.69) is 6.92 Å². The van der Waals surface area contributed by atoms with Gasteiger partial charge in [0, 0.05) is 6.42 Å². The maximum atomic E-state index is 10.2. The Labute approximate surface area is 160 Å². The summed E-state index contributed by atoms with van der Waals surface area (Å²) in [5.74, 6) is -7.39. The van der Waals surface area contributed by atoms with Gasteiger partial charge in [-0.25, -0.2) is 0 Å². The Morgan fingerprint density at radius 3 is 1.41 bits per heavy atom. The van der Waals surface area contributed by atoms with Crippen molar-refractivity contribution in [3.8, 4) is 0 Å². The summed E-state index contributed by atoms with van der Waals surface area (Å²) < 4.78 is 0. The van der Waals surface area contributed by atoms with Crippen molar-refractivity contribution in [3.63, 3.8) is 0 Å². The van der Waals surface area contributed by atoms with Crippen LogP contribution in [0.15, 0.2) is 48.6 Å². The molecule has 0 aromatic carbocycles. The fourth-order valence-corrected chi connectivity index (χ4v) is 2.00. The molecule has 6 N–H and O–H groups in total. The van der Waals surface area contributed by atoms with Gasteiger partial charge in [-0.05, 0) is 62.1 Å². The van der Waals surface area contributed by atoms with Crippen LogP contribution in [0.5, 0.6) is 0 Å². The van der Waals surface area contributed by atoms with E-state index in [0.29, 0.717) is 37.8 Å². The molecule has 0 amide bonds. The molecule has 7 heteroatoms. The van der Waals surface area contributed by atoms with Crippen LogP contribution in [0.4, 0.5) is 0 Å². The summed E-state index contributed by atoms with van der Waals surface area (Å²) in [5, 5.41) is 58.5. The summed E-state index contributed by atoms with van der Waals surface area (Å²) in [4.78, 5) is 10.2. The Bertz CT molecular complexity index is 528. The molecule has 0 aliphatic rings. The van der Waals surface area contributed by atoms with Crippen LogP contribution in [0, 0.1) is 0 Å². The van der Waals surface area contributed by atoms with E-state index in [1.807, 2.05) is 0 Å². The third-order valence-electron chi connectivity index (χ3n) is 3.54. The molecule has 0 radical (unpaired) electrons. The molecule has 0 aromatic heterocycles. The van der Waals surface area contributed by atoms with Crippen LogP contribution in [0.3, 0.4) is 0 Å². The Balaban J connectivity index is 4.72. The number of unbranched alkanes of at least 4 members (excludes halogenated alkanes) is 5. The molecule has 0 saturated carbocycles. The van der Waals surface area contributed by atoms with Crippen molar-refractivity contribution in [1.29, 1.82) is 0 Å². The SMILES string of the molecule is CCCCC/C=C\C(O)(O)/C=C\C(O)(O)/C=C\C(O)(O)/C=C\CCCC=O. The quantitative estimate of drug-likeness (QED) is 0.114. The molecular weight excluding hydrogens is 352 g/mol. The number of hydrogen-bond donors (Lipinski definition) is 6. The minimum absolute atomic E-state index is 0.363. The topological polar surface area (TPSA) is 138 Å². The highest BCUT2D eigenvalue weighted by Gasteiger charge is 2.22. The third-order valence-corrected chi connectivity index (χ3v) is 3.54. The Morgan fingerprint density at radius 2 is 1.00 bits per heavy atom. The molecule has 0 rings (SSSR count). The number of carbonyl (C=O) groups is 1. The molecule has 0 unspecified atom stereocenters. The number of hydrogen-bond acceptors (Lipinski definition) is 7. The average Bonchev–Trinajstić information content (AvgIpc) is 2.58. The normalized spacial score (nSPS) is 14.3. The van der Waals surface area contributed by atoms with Crippen LogP contribution in [-0.4, -0.2) is 54.3 Å². The molecule has 0 heterocycles. The van der Waals surface area contributed by atoms with Crippen molar-refractivity contribution in [3.05, 3.63) is 48.6 Å². The minimum atomic E-state index is -2.62. The first-order valence-electron chi connectivity index (χ1n) is 9.07. The van der Waals surface area contributed by atoms with E-state index in [9.17, 15) is 35.4 Å². The zero-order valence-corrected chi connectivity index (χ0v) is 15.7. The van der Waals surface area contributed by atoms with E-state index in [4.69, 9.17) is 0 Å². The molecule has 0 spiro atoms. The Hall–Kier alpha value is -1.61. The third kappa shape index (κ3) is 15.2. The van der Waals surface area contributed by atoms with E-state index >= 15 is 0 Å². The van der Waals surface area contributed by atoms with Crippen LogP contribution in [0.25, 0.3) is 0 Å². The fourth-order valence-electron chi connectivity index (χ4n) is 2.00. The number of allylic oxidation sites excluding steroid dienone is 2. The van der Waals surface area contributed by atoms with Gasteiger partial charge in [0.1, 0.15) is 6.29 Å². The van der Waals surface area contributed by atoms with Gasteiger partial charge in [0.25, 0.3) is 0 Å². The lowest BCUT2D eigenvalue weighted by Gasteiger charge is -2.18. The molecule has 0 saturated heterocycles. The fraction of sp³-hybridized carbons (Fsp3) is 0.550. The van der Waals surface area contributed by atoms with Gasteiger partial charge in [0.2, 0.25) is 17.4 Å². The van der Waals surface area contributed by atoms with Crippen molar-refractivity contribution in [2.24, 2.45) is 0 Å². The van der Waals surface area contributed by atoms with Crippen LogP contribution < -0.4 is 0 Å². The van der Waals surface area contributed by atoms with Gasteiger partial charge >= 0.3 is 0 Å². The minimum Gasteiger partial charge on any atom is -0.359 e. The van der Waals surface area contributed by atoms with Crippen molar-refractivity contribution in [2.75, 3.05) is 0 Å². The van der Waals surface area contributed by atoms with Crippen molar-refractivity contribution in [2.45, 2.75) is 69.2 Å². The highest BCUT2D eigenvalue weighted by Crippen LogP contribution is 2.14. The highest BCUT2D eigenvalue weighted by atomic mass is 16.5. The molecule has 0 atom stereocenters. The van der Waals surface area contributed by atoms with Gasteiger partial charge < -0.3 is 35.4 Å². The predicted molar refractivity (Wildman–Crippen MR) is 102 cm³/mol. The van der Waals surface area contributed by atoms with Gasteiger partial charge in [0.05, 0.1) is 0 Å². The summed E-state index contributed by atoms with van der Waals surface area (Å²) >= 11 is 0. The zero-order chi connectivity index (χ0) is 20.8. The number of rotatable bonds is 14. The standard InChI is InChI=1S/C20H32O7/c1-2-3-4-5-8-11-18(22,23)13-15-20(26,27)16-14-19(24,25)12-9-6-7-10-17-21/h8-9,11-17,22-27H,2-7,10H2,1H3/b11-8-,12-9-,15-13-,16-14-. The summed E-state index contributed by atoms with van der Waals surface area (Å²) in [7, 11) is 0. The summed E-state index contributed by atoms with van der Waals surface area (Å²) in [6.07, 6.45) is 13.9. The summed E-state index contributed by atoms with van der Waals surface area (Å²) in [6.45, 7) is 2.06. The molecule has 7 nitrogen and oxygen atoms in total. The van der Waals surface area contributed by atoms with E-state index in [-0.39, 0.29) is 0 Å². The monoisotopic (exact) mass is 384 g/mol. The Kier molecular flexibility index (Phi) is 12.0. The number of aldehydes is 1. The van der Waals surface area contributed by atoms with Gasteiger partial charge in [0.15, 0.2) is 0 Å². The molecule has 0 aromatic rings. The summed E-state index contributed by atoms with van der Waals surface area (Å²) in [6, 6.07) is 0. The second-order valence-corrected chi connectivity index (χ2v) is 6.41. The van der Waals surface area contributed by atoms with Gasteiger partial charge in [-0.15, -0.1) is 0 Å².